The Morgan fingerprint density at radius 1 is 1.32 bits per heavy atom. The first-order chi connectivity index (χ1) is 9.20. The van der Waals surface area contributed by atoms with Gasteiger partial charge in [-0.2, -0.15) is 0 Å². The van der Waals surface area contributed by atoms with Gasteiger partial charge in [-0.05, 0) is 17.7 Å². The zero-order chi connectivity index (χ0) is 13.7. The van der Waals surface area contributed by atoms with Crippen molar-refractivity contribution < 1.29 is 9.53 Å². The summed E-state index contributed by atoms with van der Waals surface area (Å²) in [6, 6.07) is 12.2. The zero-order valence-corrected chi connectivity index (χ0v) is 11.1. The molecule has 1 aromatic carbocycles. The third-order valence-corrected chi connectivity index (χ3v) is 2.81. The molecule has 0 radical (unpaired) electrons. The van der Waals surface area contributed by atoms with Crippen LogP contribution in [0.1, 0.15) is 11.6 Å². The molecule has 0 saturated heterocycles. The van der Waals surface area contributed by atoms with Gasteiger partial charge >= 0.3 is 5.97 Å². The first-order valence-corrected chi connectivity index (χ1v) is 6.09. The molecule has 5 heteroatoms. The van der Waals surface area contributed by atoms with Crippen LogP contribution < -0.4 is 5.32 Å². The molecule has 0 aliphatic heterocycles. The zero-order valence-electron chi connectivity index (χ0n) is 10.3. The highest BCUT2D eigenvalue weighted by molar-refractivity contribution is 6.29. The van der Waals surface area contributed by atoms with E-state index in [0.717, 1.165) is 5.56 Å². The Balaban J connectivity index is 2.27. The van der Waals surface area contributed by atoms with E-state index in [0.29, 0.717) is 10.8 Å². The number of esters is 1. The molecule has 0 amide bonds. The van der Waals surface area contributed by atoms with Crippen molar-refractivity contribution in [2.45, 2.75) is 6.04 Å². The van der Waals surface area contributed by atoms with Crippen LogP contribution >= 0.6 is 11.6 Å². The molecule has 4 nitrogen and oxygen atoms in total. The second-order valence-corrected chi connectivity index (χ2v) is 4.27. The molecule has 1 heterocycles. The molecule has 0 aliphatic rings. The van der Waals surface area contributed by atoms with Gasteiger partial charge in [0.1, 0.15) is 5.15 Å². The molecule has 0 fully saturated rings. The van der Waals surface area contributed by atoms with Gasteiger partial charge in [0.25, 0.3) is 0 Å². The number of methoxy groups -OCH3 is 1. The average molecular weight is 277 g/mol. The van der Waals surface area contributed by atoms with Gasteiger partial charge in [-0.15, -0.1) is 0 Å². The lowest BCUT2D eigenvalue weighted by Crippen LogP contribution is -2.22. The van der Waals surface area contributed by atoms with Crippen LogP contribution in [0.2, 0.25) is 5.15 Å². The lowest BCUT2D eigenvalue weighted by Gasteiger charge is -2.18. The standard InChI is InChI=1S/C14H13ClN2O2/c1-19-14(18)13(10-5-3-2-4-6-10)17-11-7-8-16-12(15)9-11/h2-9,13H,1H3,(H,16,17). The van der Waals surface area contributed by atoms with Gasteiger partial charge in [-0.1, -0.05) is 41.9 Å². The smallest absolute Gasteiger partial charge is 0.332 e. The number of benzene rings is 1. The number of halogens is 1. The number of carbonyl (C=O) groups excluding carboxylic acids is 1. The molecule has 1 N–H and O–H groups in total. The summed E-state index contributed by atoms with van der Waals surface area (Å²) < 4.78 is 4.82. The number of anilines is 1. The Morgan fingerprint density at radius 3 is 2.68 bits per heavy atom. The van der Waals surface area contributed by atoms with Crippen molar-refractivity contribution in [3.05, 3.63) is 59.4 Å². The highest BCUT2D eigenvalue weighted by Crippen LogP contribution is 2.22. The highest BCUT2D eigenvalue weighted by atomic mass is 35.5. The number of rotatable bonds is 4. The molecule has 1 atom stereocenters. The minimum Gasteiger partial charge on any atom is -0.467 e. The summed E-state index contributed by atoms with van der Waals surface area (Å²) in [4.78, 5) is 15.8. The minimum absolute atomic E-state index is 0.362. The number of ether oxygens (including phenoxy) is 1. The summed E-state index contributed by atoms with van der Waals surface area (Å²) in [6.45, 7) is 0. The van der Waals surface area contributed by atoms with Gasteiger partial charge in [0.05, 0.1) is 7.11 Å². The molecule has 0 saturated carbocycles. The van der Waals surface area contributed by atoms with Crippen LogP contribution in [0.25, 0.3) is 0 Å². The average Bonchev–Trinajstić information content (AvgIpc) is 2.45. The van der Waals surface area contributed by atoms with Gasteiger partial charge in [0.2, 0.25) is 0 Å². The number of hydrogen-bond acceptors (Lipinski definition) is 4. The predicted octanol–water partition coefficient (Wildman–Crippen LogP) is 3.06. The third-order valence-electron chi connectivity index (χ3n) is 2.61. The number of nitrogens with zero attached hydrogens (tertiary/aromatic N) is 1. The van der Waals surface area contributed by atoms with E-state index in [1.807, 2.05) is 30.3 Å². The maximum atomic E-state index is 11.9. The van der Waals surface area contributed by atoms with E-state index in [9.17, 15) is 4.79 Å². The van der Waals surface area contributed by atoms with Crippen molar-refractivity contribution in [3.63, 3.8) is 0 Å². The normalized spacial score (nSPS) is 11.7. The Morgan fingerprint density at radius 2 is 2.05 bits per heavy atom. The lowest BCUT2D eigenvalue weighted by atomic mass is 10.1. The molecule has 0 spiro atoms. The summed E-state index contributed by atoms with van der Waals surface area (Å²) >= 11 is 5.82. The van der Waals surface area contributed by atoms with Crippen LogP contribution in [0.4, 0.5) is 5.69 Å². The van der Waals surface area contributed by atoms with Crippen molar-refractivity contribution in [1.29, 1.82) is 0 Å². The lowest BCUT2D eigenvalue weighted by molar-refractivity contribution is -0.141. The maximum Gasteiger partial charge on any atom is 0.332 e. The van der Waals surface area contributed by atoms with E-state index < -0.39 is 6.04 Å². The van der Waals surface area contributed by atoms with Crippen LogP contribution in [0, 0.1) is 0 Å². The molecule has 0 bridgehead atoms. The van der Waals surface area contributed by atoms with Crippen molar-refractivity contribution in [3.8, 4) is 0 Å². The van der Waals surface area contributed by atoms with Gasteiger partial charge in [0, 0.05) is 11.9 Å². The predicted molar refractivity (Wildman–Crippen MR) is 74.1 cm³/mol. The first-order valence-electron chi connectivity index (χ1n) is 5.71. The summed E-state index contributed by atoms with van der Waals surface area (Å²) in [5.41, 5.74) is 1.53. The van der Waals surface area contributed by atoms with Gasteiger partial charge in [-0.25, -0.2) is 9.78 Å². The van der Waals surface area contributed by atoms with E-state index in [2.05, 4.69) is 10.3 Å². The van der Waals surface area contributed by atoms with Crippen molar-refractivity contribution >= 4 is 23.3 Å². The second-order valence-electron chi connectivity index (χ2n) is 3.88. The molecule has 1 unspecified atom stereocenters. The fourth-order valence-electron chi connectivity index (χ4n) is 1.70. The molecule has 98 valence electrons. The molecule has 2 rings (SSSR count). The Bertz CT molecular complexity index is 560. The largest absolute Gasteiger partial charge is 0.467 e. The Hall–Kier alpha value is -2.07. The van der Waals surface area contributed by atoms with Crippen molar-refractivity contribution in [1.82, 2.24) is 4.98 Å². The Kier molecular flexibility index (Phi) is 4.36. The summed E-state index contributed by atoms with van der Waals surface area (Å²) in [6.07, 6.45) is 1.57. The van der Waals surface area contributed by atoms with Gasteiger partial charge < -0.3 is 10.1 Å². The monoisotopic (exact) mass is 276 g/mol. The van der Waals surface area contributed by atoms with E-state index in [1.54, 1.807) is 18.3 Å². The third kappa shape index (κ3) is 3.45. The summed E-state index contributed by atoms with van der Waals surface area (Å²) in [7, 11) is 1.36. The topological polar surface area (TPSA) is 51.2 Å². The molecular formula is C14H13ClN2O2. The highest BCUT2D eigenvalue weighted by Gasteiger charge is 2.20. The van der Waals surface area contributed by atoms with E-state index in [4.69, 9.17) is 16.3 Å². The minimum atomic E-state index is -0.579. The number of aromatic nitrogens is 1. The van der Waals surface area contributed by atoms with Crippen LogP contribution in [-0.4, -0.2) is 18.1 Å². The van der Waals surface area contributed by atoms with E-state index >= 15 is 0 Å². The Labute approximate surface area is 116 Å². The molecule has 0 aliphatic carbocycles. The van der Waals surface area contributed by atoms with Crippen molar-refractivity contribution in [2.75, 3.05) is 12.4 Å². The number of pyridine rings is 1. The molecule has 1 aromatic heterocycles. The van der Waals surface area contributed by atoms with Crippen molar-refractivity contribution in [2.24, 2.45) is 0 Å². The summed E-state index contributed by atoms with van der Waals surface area (Å²) in [5.74, 6) is -0.362. The number of carbonyl (C=O) groups is 1. The quantitative estimate of drug-likeness (QED) is 0.689. The van der Waals surface area contributed by atoms with Gasteiger partial charge in [-0.3, -0.25) is 0 Å². The van der Waals surface area contributed by atoms with Crippen LogP contribution in [0.3, 0.4) is 0 Å². The number of nitrogens with one attached hydrogen (secondary N) is 1. The maximum absolute atomic E-state index is 11.9. The fraction of sp³-hybridized carbons (Fsp3) is 0.143. The second kappa shape index (κ2) is 6.20. The number of hydrogen-bond donors (Lipinski definition) is 1. The van der Waals surface area contributed by atoms with E-state index in [1.165, 1.54) is 7.11 Å². The van der Waals surface area contributed by atoms with Gasteiger partial charge in [0.15, 0.2) is 6.04 Å². The van der Waals surface area contributed by atoms with Crippen LogP contribution in [0.15, 0.2) is 48.7 Å². The summed E-state index contributed by atoms with van der Waals surface area (Å²) in [5, 5.41) is 3.45. The van der Waals surface area contributed by atoms with E-state index in [-0.39, 0.29) is 5.97 Å². The van der Waals surface area contributed by atoms with Crippen LogP contribution in [0.5, 0.6) is 0 Å². The van der Waals surface area contributed by atoms with Crippen LogP contribution in [-0.2, 0) is 9.53 Å². The SMILES string of the molecule is COC(=O)C(Nc1ccnc(Cl)c1)c1ccccc1. The molecule has 19 heavy (non-hydrogen) atoms. The fourth-order valence-corrected chi connectivity index (χ4v) is 1.87. The first kappa shape index (κ1) is 13.4. The molecular weight excluding hydrogens is 264 g/mol. The molecule has 2 aromatic rings.